The van der Waals surface area contributed by atoms with Crippen molar-refractivity contribution in [2.75, 3.05) is 25.4 Å². The number of fused-ring (bicyclic) bond motifs is 3. The number of aromatic nitrogens is 4. The van der Waals surface area contributed by atoms with Gasteiger partial charge in [0.25, 0.3) is 0 Å². The van der Waals surface area contributed by atoms with E-state index in [1.165, 1.54) is 11.8 Å². The van der Waals surface area contributed by atoms with Gasteiger partial charge in [0.1, 0.15) is 5.82 Å². The van der Waals surface area contributed by atoms with Crippen LogP contribution in [-0.4, -0.2) is 61.8 Å². The van der Waals surface area contributed by atoms with Gasteiger partial charge in [-0.2, -0.15) is 0 Å². The first kappa shape index (κ1) is 22.3. The summed E-state index contributed by atoms with van der Waals surface area (Å²) in [7, 11) is 0. The molecule has 2 aromatic heterocycles. The van der Waals surface area contributed by atoms with E-state index in [0.717, 1.165) is 27.9 Å². The second kappa shape index (κ2) is 9.80. The second-order valence-electron chi connectivity index (χ2n) is 8.16. The van der Waals surface area contributed by atoms with Crippen LogP contribution in [0.25, 0.3) is 27.9 Å². The Hall–Kier alpha value is -3.46. The molecule has 0 saturated carbocycles. The Balaban J connectivity index is 1.37. The lowest BCUT2D eigenvalue weighted by molar-refractivity contribution is -0.151. The van der Waals surface area contributed by atoms with Crippen LogP contribution >= 0.6 is 11.8 Å². The molecule has 174 valence electrons. The van der Waals surface area contributed by atoms with E-state index in [2.05, 4.69) is 10.2 Å². The number of amides is 1. The van der Waals surface area contributed by atoms with Crippen molar-refractivity contribution < 1.29 is 14.3 Å². The number of piperidine rings is 1. The van der Waals surface area contributed by atoms with Crippen LogP contribution < -0.4 is 0 Å². The summed E-state index contributed by atoms with van der Waals surface area (Å²) in [4.78, 5) is 31.6. The van der Waals surface area contributed by atoms with Gasteiger partial charge in [-0.25, -0.2) is 4.98 Å². The van der Waals surface area contributed by atoms with E-state index < -0.39 is 0 Å². The Bertz CT molecular complexity index is 1330. The highest BCUT2D eigenvalue weighted by atomic mass is 32.2. The number of benzene rings is 2. The number of carbonyl (C=O) groups is 2. The predicted molar refractivity (Wildman–Crippen MR) is 130 cm³/mol. The fraction of sp³-hybridized carbons (Fsp3) is 0.320. The smallest absolute Gasteiger partial charge is 0.309 e. The lowest BCUT2D eigenvalue weighted by Crippen LogP contribution is -2.41. The molecule has 34 heavy (non-hydrogen) atoms. The minimum absolute atomic E-state index is 0.0269. The average Bonchev–Trinajstić information content (AvgIpc) is 3.32. The molecule has 0 bridgehead atoms. The van der Waals surface area contributed by atoms with Gasteiger partial charge in [-0.3, -0.25) is 14.0 Å². The van der Waals surface area contributed by atoms with Crippen LogP contribution in [0.1, 0.15) is 19.8 Å². The molecule has 1 amide bonds. The van der Waals surface area contributed by atoms with Crippen molar-refractivity contribution in [2.24, 2.45) is 5.92 Å². The Morgan fingerprint density at radius 2 is 1.76 bits per heavy atom. The van der Waals surface area contributed by atoms with E-state index in [9.17, 15) is 9.59 Å². The quantitative estimate of drug-likeness (QED) is 0.309. The van der Waals surface area contributed by atoms with E-state index in [1.807, 2.05) is 70.8 Å². The number of hydrogen-bond acceptors (Lipinski definition) is 7. The molecule has 9 heteroatoms. The van der Waals surface area contributed by atoms with Gasteiger partial charge in [0.2, 0.25) is 5.91 Å². The number of para-hydroxylation sites is 1. The normalized spacial score (nSPS) is 14.6. The summed E-state index contributed by atoms with van der Waals surface area (Å²) in [5.74, 6) is 0.729. The van der Waals surface area contributed by atoms with Gasteiger partial charge in [-0.1, -0.05) is 54.2 Å². The van der Waals surface area contributed by atoms with Crippen LogP contribution in [0.3, 0.4) is 0 Å². The summed E-state index contributed by atoms with van der Waals surface area (Å²) in [5.41, 5.74) is 2.51. The first-order chi connectivity index (χ1) is 16.7. The Kier molecular flexibility index (Phi) is 6.44. The van der Waals surface area contributed by atoms with Crippen LogP contribution in [0.4, 0.5) is 0 Å². The summed E-state index contributed by atoms with van der Waals surface area (Å²) < 4.78 is 7.06. The molecule has 0 atom stereocenters. The van der Waals surface area contributed by atoms with E-state index in [1.54, 1.807) is 0 Å². The molecule has 1 aliphatic heterocycles. The molecule has 0 spiro atoms. The maximum absolute atomic E-state index is 12.9. The molecular formula is C25H25N5O3S. The third-order valence-electron chi connectivity index (χ3n) is 6.04. The number of rotatable bonds is 6. The number of likely N-dealkylation sites (tertiary alicyclic amines) is 1. The molecule has 1 aliphatic rings. The van der Waals surface area contributed by atoms with Gasteiger partial charge in [0.15, 0.2) is 10.8 Å². The lowest BCUT2D eigenvalue weighted by atomic mass is 9.97. The van der Waals surface area contributed by atoms with Crippen LogP contribution in [0, 0.1) is 5.92 Å². The number of hydrogen-bond donors (Lipinski definition) is 0. The molecule has 0 aliphatic carbocycles. The summed E-state index contributed by atoms with van der Waals surface area (Å²) in [5, 5.41) is 10.4. The summed E-state index contributed by atoms with van der Waals surface area (Å²) >= 11 is 1.36. The van der Waals surface area contributed by atoms with Gasteiger partial charge in [0, 0.05) is 24.0 Å². The Morgan fingerprint density at radius 3 is 2.53 bits per heavy atom. The molecule has 3 heterocycles. The fourth-order valence-corrected chi connectivity index (χ4v) is 5.11. The minimum atomic E-state index is -0.160. The highest BCUT2D eigenvalue weighted by Gasteiger charge is 2.28. The molecule has 2 aromatic carbocycles. The Morgan fingerprint density at radius 1 is 1.03 bits per heavy atom. The van der Waals surface area contributed by atoms with Gasteiger partial charge < -0.3 is 9.64 Å². The van der Waals surface area contributed by atoms with Crippen molar-refractivity contribution in [3.05, 3.63) is 54.6 Å². The van der Waals surface area contributed by atoms with E-state index >= 15 is 0 Å². The molecule has 1 saturated heterocycles. The van der Waals surface area contributed by atoms with E-state index in [-0.39, 0.29) is 23.5 Å². The third kappa shape index (κ3) is 4.35. The van der Waals surface area contributed by atoms with Gasteiger partial charge in [-0.05, 0) is 31.9 Å². The zero-order chi connectivity index (χ0) is 23.5. The average molecular weight is 476 g/mol. The number of esters is 1. The highest BCUT2D eigenvalue weighted by molar-refractivity contribution is 7.99. The minimum Gasteiger partial charge on any atom is -0.466 e. The van der Waals surface area contributed by atoms with Gasteiger partial charge in [0.05, 0.1) is 23.8 Å². The number of ether oxygens (including phenoxy) is 1. The maximum atomic E-state index is 12.9. The molecular weight excluding hydrogens is 450 g/mol. The molecule has 0 N–H and O–H groups in total. The van der Waals surface area contributed by atoms with Crippen LogP contribution in [0.5, 0.6) is 0 Å². The molecule has 4 aromatic rings. The standard InChI is InChI=1S/C25H25N5O3S/c1-2-33-24(32)18-12-14-29(15-13-18)21(31)16-34-25-28-27-23-19-10-6-7-11-20(19)26-22(30(23)25)17-8-4-3-5-9-17/h3-11,18H,2,12-16H2,1H3. The monoisotopic (exact) mass is 475 g/mol. The number of carbonyl (C=O) groups excluding carboxylic acids is 2. The number of thioether (sulfide) groups is 1. The molecule has 8 nitrogen and oxygen atoms in total. The first-order valence-electron chi connectivity index (χ1n) is 11.4. The second-order valence-corrected chi connectivity index (χ2v) is 9.10. The summed E-state index contributed by atoms with van der Waals surface area (Å²) in [6, 6.07) is 17.8. The zero-order valence-corrected chi connectivity index (χ0v) is 19.7. The topological polar surface area (TPSA) is 89.7 Å². The number of nitrogens with zero attached hydrogens (tertiary/aromatic N) is 5. The van der Waals surface area contributed by atoms with Crippen molar-refractivity contribution >= 4 is 40.2 Å². The lowest BCUT2D eigenvalue weighted by Gasteiger charge is -2.30. The van der Waals surface area contributed by atoms with Crippen molar-refractivity contribution in [1.82, 2.24) is 24.5 Å². The fourth-order valence-electron chi connectivity index (χ4n) is 4.28. The first-order valence-corrected chi connectivity index (χ1v) is 12.4. The van der Waals surface area contributed by atoms with Crippen molar-refractivity contribution in [2.45, 2.75) is 24.9 Å². The van der Waals surface area contributed by atoms with Crippen LogP contribution in [0.15, 0.2) is 59.8 Å². The largest absolute Gasteiger partial charge is 0.466 e. The van der Waals surface area contributed by atoms with Crippen molar-refractivity contribution in [1.29, 1.82) is 0 Å². The van der Waals surface area contributed by atoms with Crippen molar-refractivity contribution in [3.8, 4) is 11.4 Å². The highest BCUT2D eigenvalue weighted by Crippen LogP contribution is 2.29. The maximum Gasteiger partial charge on any atom is 0.309 e. The summed E-state index contributed by atoms with van der Waals surface area (Å²) in [6.45, 7) is 3.31. The SMILES string of the molecule is CCOC(=O)C1CCN(C(=O)CSc2nnc3c4ccccc4nc(-c4ccccc4)n23)CC1. The van der Waals surface area contributed by atoms with Crippen molar-refractivity contribution in [3.63, 3.8) is 0 Å². The third-order valence-corrected chi connectivity index (χ3v) is 6.95. The van der Waals surface area contributed by atoms with Gasteiger partial charge >= 0.3 is 5.97 Å². The zero-order valence-electron chi connectivity index (χ0n) is 18.9. The molecule has 1 fully saturated rings. The van der Waals surface area contributed by atoms with E-state index in [4.69, 9.17) is 9.72 Å². The van der Waals surface area contributed by atoms with Gasteiger partial charge in [-0.15, -0.1) is 10.2 Å². The van der Waals surface area contributed by atoms with Crippen LogP contribution in [-0.2, 0) is 14.3 Å². The summed E-state index contributed by atoms with van der Waals surface area (Å²) in [6.07, 6.45) is 1.27. The molecule has 0 unspecified atom stereocenters. The predicted octanol–water partition coefficient (Wildman–Crippen LogP) is 3.84. The Labute approximate surface area is 201 Å². The van der Waals surface area contributed by atoms with E-state index in [0.29, 0.717) is 37.7 Å². The molecule has 5 rings (SSSR count). The van der Waals surface area contributed by atoms with Crippen LogP contribution in [0.2, 0.25) is 0 Å². The molecule has 0 radical (unpaired) electrons.